The van der Waals surface area contributed by atoms with E-state index in [-0.39, 0.29) is 6.61 Å². The molecule has 0 saturated carbocycles. The molecule has 0 amide bonds. The fourth-order valence-electron chi connectivity index (χ4n) is 5.52. The predicted molar refractivity (Wildman–Crippen MR) is 170 cm³/mol. The lowest BCUT2D eigenvalue weighted by atomic mass is 10.0. The Kier molecular flexibility index (Phi) is 10.1. The second-order valence-electron chi connectivity index (χ2n) is 10.7. The third-order valence-corrected chi connectivity index (χ3v) is 9.30. The molecule has 3 heterocycles. The van der Waals surface area contributed by atoms with E-state index in [1.54, 1.807) is 32.7 Å². The molecule has 5 rings (SSSR count). The first-order chi connectivity index (χ1) is 20.3. The molecule has 2 aliphatic heterocycles. The Bertz CT molecular complexity index is 1380. The molecule has 0 atom stereocenters. The molecule has 226 valence electrons. The van der Waals surface area contributed by atoms with E-state index in [0.29, 0.717) is 49.8 Å². The molecular weight excluding hydrogens is 599 g/mol. The number of piperazine rings is 1. The van der Waals surface area contributed by atoms with Gasteiger partial charge in [0, 0.05) is 56.9 Å². The number of nitrogens with one attached hydrogen (secondary N) is 1. The Balaban J connectivity index is 1.21. The number of ether oxygens (including phenoxy) is 3. The summed E-state index contributed by atoms with van der Waals surface area (Å²) in [5, 5.41) is 4.71. The summed E-state index contributed by atoms with van der Waals surface area (Å²) in [4.78, 5) is 16.2. The van der Waals surface area contributed by atoms with Crippen LogP contribution < -0.4 is 24.4 Å². The van der Waals surface area contributed by atoms with Crippen molar-refractivity contribution in [2.75, 3.05) is 70.8 Å². The van der Waals surface area contributed by atoms with Gasteiger partial charge < -0.3 is 29.3 Å². The van der Waals surface area contributed by atoms with Gasteiger partial charge in [0.05, 0.1) is 53.1 Å². The highest BCUT2D eigenvalue weighted by molar-refractivity contribution is 6.37. The number of hydrogen-bond acceptors (Lipinski definition) is 9. The SMILES string of the molecule is COc1cc(Nc2ncc(OCc3c(Cl)c(C)cc(OC)c3Cl)cn2)c(Cl)cc1N1CCC(N2CCN(C)CC2)CC1. The first-order valence-electron chi connectivity index (χ1n) is 14.1. The van der Waals surface area contributed by atoms with Gasteiger partial charge in [0.15, 0.2) is 5.75 Å². The zero-order chi connectivity index (χ0) is 29.8. The first-order valence-corrected chi connectivity index (χ1v) is 15.2. The molecule has 3 aromatic rings. The minimum absolute atomic E-state index is 0.142. The highest BCUT2D eigenvalue weighted by Gasteiger charge is 2.28. The van der Waals surface area contributed by atoms with E-state index < -0.39 is 0 Å². The summed E-state index contributed by atoms with van der Waals surface area (Å²) in [5.74, 6) is 2.14. The second-order valence-corrected chi connectivity index (χ2v) is 11.9. The van der Waals surface area contributed by atoms with Crippen LogP contribution in [0.2, 0.25) is 15.1 Å². The van der Waals surface area contributed by atoms with Gasteiger partial charge in [-0.15, -0.1) is 0 Å². The van der Waals surface area contributed by atoms with Crippen LogP contribution in [0.15, 0.2) is 30.6 Å². The van der Waals surface area contributed by atoms with Crippen molar-refractivity contribution in [1.82, 2.24) is 19.8 Å². The van der Waals surface area contributed by atoms with Gasteiger partial charge in [0.1, 0.15) is 18.1 Å². The minimum atomic E-state index is 0.142. The molecule has 2 fully saturated rings. The van der Waals surface area contributed by atoms with Gasteiger partial charge in [-0.1, -0.05) is 34.8 Å². The topological polar surface area (TPSA) is 75.2 Å². The van der Waals surface area contributed by atoms with E-state index in [1.165, 1.54) is 0 Å². The van der Waals surface area contributed by atoms with Crippen LogP contribution >= 0.6 is 34.8 Å². The van der Waals surface area contributed by atoms with Crippen molar-refractivity contribution in [2.24, 2.45) is 0 Å². The summed E-state index contributed by atoms with van der Waals surface area (Å²) < 4.78 is 17.0. The van der Waals surface area contributed by atoms with E-state index in [0.717, 1.165) is 69.1 Å². The van der Waals surface area contributed by atoms with E-state index in [1.807, 2.05) is 19.1 Å². The average molecular weight is 636 g/mol. The largest absolute Gasteiger partial charge is 0.495 e. The van der Waals surface area contributed by atoms with E-state index in [9.17, 15) is 0 Å². The number of rotatable bonds is 9. The number of halogens is 3. The van der Waals surface area contributed by atoms with Crippen molar-refractivity contribution in [1.29, 1.82) is 0 Å². The van der Waals surface area contributed by atoms with Crippen LogP contribution in [0.5, 0.6) is 17.2 Å². The molecule has 0 bridgehead atoms. The first kappa shape index (κ1) is 30.8. The maximum absolute atomic E-state index is 6.73. The molecule has 0 radical (unpaired) electrons. The van der Waals surface area contributed by atoms with E-state index in [2.05, 4.69) is 37.0 Å². The fourth-order valence-corrected chi connectivity index (χ4v) is 6.26. The molecular formula is C30H37Cl3N6O3. The van der Waals surface area contributed by atoms with Crippen LogP contribution in [0.4, 0.5) is 17.3 Å². The number of hydrogen-bond donors (Lipinski definition) is 1. The van der Waals surface area contributed by atoms with Crippen LogP contribution in [-0.4, -0.2) is 86.3 Å². The van der Waals surface area contributed by atoms with Gasteiger partial charge in [0.25, 0.3) is 0 Å². The molecule has 42 heavy (non-hydrogen) atoms. The van der Waals surface area contributed by atoms with Crippen LogP contribution in [0.25, 0.3) is 0 Å². The molecule has 9 nitrogen and oxygen atoms in total. The number of piperidine rings is 1. The Labute approximate surface area is 262 Å². The van der Waals surface area contributed by atoms with Gasteiger partial charge in [-0.2, -0.15) is 0 Å². The molecule has 1 N–H and O–H groups in total. The monoisotopic (exact) mass is 634 g/mol. The van der Waals surface area contributed by atoms with Gasteiger partial charge >= 0.3 is 0 Å². The highest BCUT2D eigenvalue weighted by Crippen LogP contribution is 2.39. The van der Waals surface area contributed by atoms with E-state index in [4.69, 9.17) is 49.0 Å². The Morgan fingerprint density at radius 3 is 2.19 bits per heavy atom. The Morgan fingerprint density at radius 2 is 1.55 bits per heavy atom. The number of methoxy groups -OCH3 is 2. The van der Waals surface area contributed by atoms with Crippen LogP contribution in [0, 0.1) is 6.92 Å². The zero-order valence-corrected chi connectivity index (χ0v) is 26.7. The van der Waals surface area contributed by atoms with Crippen molar-refractivity contribution >= 4 is 52.1 Å². The normalized spacial score (nSPS) is 16.9. The van der Waals surface area contributed by atoms with Crippen LogP contribution in [-0.2, 0) is 6.61 Å². The lowest BCUT2D eigenvalue weighted by molar-refractivity contribution is 0.0981. The summed E-state index contributed by atoms with van der Waals surface area (Å²) in [5.41, 5.74) is 3.14. The molecule has 12 heteroatoms. The number of likely N-dealkylation sites (N-methyl/N-ethyl adjacent to an activating group) is 1. The number of nitrogens with zero attached hydrogens (tertiary/aromatic N) is 5. The summed E-state index contributed by atoms with van der Waals surface area (Å²) in [6.07, 6.45) is 5.41. The summed E-state index contributed by atoms with van der Waals surface area (Å²) in [6.45, 7) is 8.54. The van der Waals surface area contributed by atoms with Crippen molar-refractivity contribution in [2.45, 2.75) is 32.4 Å². The minimum Gasteiger partial charge on any atom is -0.495 e. The van der Waals surface area contributed by atoms with Crippen LogP contribution in [0.1, 0.15) is 24.0 Å². The third-order valence-electron chi connectivity index (χ3n) is 8.05. The number of benzene rings is 2. The third kappa shape index (κ3) is 6.92. The summed E-state index contributed by atoms with van der Waals surface area (Å²) in [6, 6.07) is 6.28. The summed E-state index contributed by atoms with van der Waals surface area (Å²) in [7, 11) is 5.44. The molecule has 2 aliphatic rings. The predicted octanol–water partition coefficient (Wildman–Crippen LogP) is 6.30. The number of anilines is 3. The van der Waals surface area contributed by atoms with Crippen molar-refractivity contribution in [3.05, 3.63) is 56.8 Å². The fraction of sp³-hybridized carbons (Fsp3) is 0.467. The van der Waals surface area contributed by atoms with Crippen molar-refractivity contribution in [3.63, 3.8) is 0 Å². The quantitative estimate of drug-likeness (QED) is 0.292. The van der Waals surface area contributed by atoms with Gasteiger partial charge in [0.2, 0.25) is 5.95 Å². The number of aromatic nitrogens is 2. The average Bonchev–Trinajstić information content (AvgIpc) is 3.01. The van der Waals surface area contributed by atoms with Crippen molar-refractivity contribution < 1.29 is 14.2 Å². The standard InChI is InChI=1S/C30H37Cl3N6O3/c1-19-13-27(41-4)29(33)22(28(19)32)18-42-21-16-34-30(35-17-21)36-24-15-26(40-3)25(14-23(24)31)39-7-5-20(6-8-39)38-11-9-37(2)10-12-38/h13-17,20H,5-12,18H2,1-4H3,(H,34,35,36). The van der Waals surface area contributed by atoms with E-state index >= 15 is 0 Å². The lowest BCUT2D eigenvalue weighted by Gasteiger charge is -2.42. The van der Waals surface area contributed by atoms with Gasteiger partial charge in [-0.05, 0) is 44.5 Å². The highest BCUT2D eigenvalue weighted by atomic mass is 35.5. The molecule has 2 saturated heterocycles. The molecule has 0 unspecified atom stereocenters. The maximum atomic E-state index is 6.73. The van der Waals surface area contributed by atoms with Crippen LogP contribution in [0.3, 0.4) is 0 Å². The number of aryl methyl sites for hydroxylation is 1. The van der Waals surface area contributed by atoms with Crippen molar-refractivity contribution in [3.8, 4) is 17.2 Å². The molecule has 0 aliphatic carbocycles. The molecule has 1 aromatic heterocycles. The molecule has 0 spiro atoms. The lowest BCUT2D eigenvalue weighted by Crippen LogP contribution is -2.52. The van der Waals surface area contributed by atoms with Gasteiger partial charge in [-0.3, -0.25) is 4.90 Å². The Morgan fingerprint density at radius 1 is 0.881 bits per heavy atom. The zero-order valence-electron chi connectivity index (χ0n) is 24.4. The molecule has 2 aromatic carbocycles. The second kappa shape index (κ2) is 13.7. The summed E-state index contributed by atoms with van der Waals surface area (Å²) >= 11 is 19.6. The smallest absolute Gasteiger partial charge is 0.227 e. The Hall–Kier alpha value is -2.69. The van der Waals surface area contributed by atoms with Gasteiger partial charge in [-0.25, -0.2) is 9.97 Å². The maximum Gasteiger partial charge on any atom is 0.227 e.